The Balaban J connectivity index is 1.90. The molecule has 0 amide bonds. The van der Waals surface area contributed by atoms with E-state index in [-0.39, 0.29) is 0 Å². The van der Waals surface area contributed by atoms with Gasteiger partial charge in [-0.25, -0.2) is 0 Å². The molecular weight excluding hydrogens is 172 g/mol. The normalized spacial score (nSPS) is 35.9. The molecule has 2 unspecified atom stereocenters. The average molecular weight is 190 g/mol. The zero-order valence-corrected chi connectivity index (χ0v) is 8.79. The van der Waals surface area contributed by atoms with Crippen molar-refractivity contribution < 1.29 is 0 Å². The second kappa shape index (κ2) is 3.13. The standard InChI is InChI=1S/C12H18N2/c1-9-2-3-12-11-4-10(5-13-6-11)8-14(12)7-9/h2-3,10-11,13H,4-8H2,1H3. The van der Waals surface area contributed by atoms with Crippen LogP contribution < -0.4 is 5.32 Å². The van der Waals surface area contributed by atoms with Crippen LogP contribution in [-0.4, -0.2) is 31.1 Å². The van der Waals surface area contributed by atoms with E-state index in [9.17, 15) is 0 Å². The third-order valence-corrected chi connectivity index (χ3v) is 3.68. The number of hydrogen-bond donors (Lipinski definition) is 1. The van der Waals surface area contributed by atoms with Crippen LogP contribution in [0.5, 0.6) is 0 Å². The monoisotopic (exact) mass is 190 g/mol. The molecule has 2 bridgehead atoms. The minimum atomic E-state index is 0.784. The first-order valence-electron chi connectivity index (χ1n) is 5.66. The summed E-state index contributed by atoms with van der Waals surface area (Å²) in [5.41, 5.74) is 3.08. The topological polar surface area (TPSA) is 15.3 Å². The van der Waals surface area contributed by atoms with Crippen LogP contribution in [0.3, 0.4) is 0 Å². The van der Waals surface area contributed by atoms with E-state index in [1.54, 1.807) is 5.70 Å². The zero-order chi connectivity index (χ0) is 9.54. The Bertz CT molecular complexity index is 299. The number of piperidine rings is 2. The Morgan fingerprint density at radius 2 is 2.29 bits per heavy atom. The second-order valence-electron chi connectivity index (χ2n) is 4.94. The van der Waals surface area contributed by atoms with E-state index in [1.807, 2.05) is 0 Å². The molecule has 0 aromatic carbocycles. The first-order valence-corrected chi connectivity index (χ1v) is 5.66. The van der Waals surface area contributed by atoms with Crippen molar-refractivity contribution in [2.24, 2.45) is 11.8 Å². The number of hydrogen-bond acceptors (Lipinski definition) is 2. The molecule has 2 saturated heterocycles. The lowest BCUT2D eigenvalue weighted by Crippen LogP contribution is -2.50. The van der Waals surface area contributed by atoms with E-state index < -0.39 is 0 Å². The maximum atomic E-state index is 3.54. The van der Waals surface area contributed by atoms with Crippen molar-refractivity contribution in [2.75, 3.05) is 26.2 Å². The summed E-state index contributed by atoms with van der Waals surface area (Å²) in [5, 5.41) is 3.54. The fourth-order valence-corrected chi connectivity index (χ4v) is 3.05. The number of allylic oxidation sites excluding steroid dienone is 2. The van der Waals surface area contributed by atoms with Crippen molar-refractivity contribution in [3.63, 3.8) is 0 Å². The van der Waals surface area contributed by atoms with Crippen molar-refractivity contribution in [1.29, 1.82) is 0 Å². The van der Waals surface area contributed by atoms with Gasteiger partial charge in [-0.3, -0.25) is 0 Å². The molecule has 2 nitrogen and oxygen atoms in total. The molecule has 0 aliphatic carbocycles. The quantitative estimate of drug-likeness (QED) is 0.620. The van der Waals surface area contributed by atoms with Gasteiger partial charge in [-0.15, -0.1) is 0 Å². The Labute approximate surface area is 85.7 Å². The molecule has 0 radical (unpaired) electrons. The SMILES string of the molecule is CC1=CC=C2C3CNCC(C3)CN2C1. The molecule has 3 heterocycles. The summed E-state index contributed by atoms with van der Waals surface area (Å²) in [6.45, 7) is 7.07. The molecule has 0 saturated carbocycles. The van der Waals surface area contributed by atoms with Crippen LogP contribution in [0.4, 0.5) is 0 Å². The molecular formula is C12H18N2. The number of rotatable bonds is 0. The summed E-state index contributed by atoms with van der Waals surface area (Å²) >= 11 is 0. The summed E-state index contributed by atoms with van der Waals surface area (Å²) in [5.74, 6) is 1.67. The maximum absolute atomic E-state index is 3.54. The number of nitrogens with zero attached hydrogens (tertiary/aromatic N) is 1. The number of nitrogens with one attached hydrogen (secondary N) is 1. The lowest BCUT2D eigenvalue weighted by molar-refractivity contribution is 0.154. The maximum Gasteiger partial charge on any atom is 0.0386 e. The van der Waals surface area contributed by atoms with Crippen LogP contribution in [0.2, 0.25) is 0 Å². The van der Waals surface area contributed by atoms with Crippen LogP contribution in [0, 0.1) is 11.8 Å². The molecule has 1 N–H and O–H groups in total. The molecule has 14 heavy (non-hydrogen) atoms. The fourth-order valence-electron chi connectivity index (χ4n) is 3.05. The van der Waals surface area contributed by atoms with E-state index in [4.69, 9.17) is 0 Å². The van der Waals surface area contributed by atoms with E-state index >= 15 is 0 Å². The van der Waals surface area contributed by atoms with Gasteiger partial charge in [0.1, 0.15) is 0 Å². The number of fused-ring (bicyclic) bond motifs is 4. The summed E-state index contributed by atoms with van der Waals surface area (Å²) in [6, 6.07) is 0. The third-order valence-electron chi connectivity index (χ3n) is 3.68. The largest absolute Gasteiger partial charge is 0.370 e. The van der Waals surface area contributed by atoms with Gasteiger partial charge in [-0.2, -0.15) is 0 Å². The van der Waals surface area contributed by atoms with Gasteiger partial charge in [0.05, 0.1) is 0 Å². The van der Waals surface area contributed by atoms with E-state index in [1.165, 1.54) is 38.2 Å². The van der Waals surface area contributed by atoms with Crippen LogP contribution in [0.1, 0.15) is 13.3 Å². The Morgan fingerprint density at radius 1 is 1.36 bits per heavy atom. The lowest BCUT2D eigenvalue weighted by Gasteiger charge is -2.46. The van der Waals surface area contributed by atoms with Crippen LogP contribution in [0.25, 0.3) is 0 Å². The van der Waals surface area contributed by atoms with E-state index in [0.717, 1.165) is 11.8 Å². The molecule has 0 spiro atoms. The zero-order valence-electron chi connectivity index (χ0n) is 8.79. The van der Waals surface area contributed by atoms with Gasteiger partial charge in [0.15, 0.2) is 0 Å². The average Bonchev–Trinajstić information content (AvgIpc) is 2.17. The first-order chi connectivity index (χ1) is 6.83. The van der Waals surface area contributed by atoms with Crippen molar-refractivity contribution in [3.8, 4) is 0 Å². The highest BCUT2D eigenvalue weighted by atomic mass is 15.2. The lowest BCUT2D eigenvalue weighted by atomic mass is 9.82. The smallest absolute Gasteiger partial charge is 0.0386 e. The van der Waals surface area contributed by atoms with Crippen molar-refractivity contribution in [2.45, 2.75) is 13.3 Å². The van der Waals surface area contributed by atoms with Gasteiger partial charge in [0, 0.05) is 31.2 Å². The predicted octanol–water partition coefficient (Wildman–Crippen LogP) is 1.37. The second-order valence-corrected chi connectivity index (χ2v) is 4.94. The van der Waals surface area contributed by atoms with Gasteiger partial charge < -0.3 is 10.2 Å². The Morgan fingerprint density at radius 3 is 3.21 bits per heavy atom. The molecule has 0 aromatic heterocycles. The predicted molar refractivity (Wildman–Crippen MR) is 57.9 cm³/mol. The van der Waals surface area contributed by atoms with E-state index in [2.05, 4.69) is 29.3 Å². The van der Waals surface area contributed by atoms with Crippen molar-refractivity contribution in [3.05, 3.63) is 23.4 Å². The highest BCUT2D eigenvalue weighted by molar-refractivity contribution is 5.27. The van der Waals surface area contributed by atoms with Gasteiger partial charge in [-0.1, -0.05) is 11.6 Å². The first kappa shape index (κ1) is 8.54. The minimum absolute atomic E-state index is 0.784. The fraction of sp³-hybridized carbons (Fsp3) is 0.667. The summed E-state index contributed by atoms with van der Waals surface area (Å²) < 4.78 is 0. The molecule has 2 atom stereocenters. The molecule has 2 fully saturated rings. The van der Waals surface area contributed by atoms with Crippen LogP contribution in [-0.2, 0) is 0 Å². The van der Waals surface area contributed by atoms with Gasteiger partial charge in [0.2, 0.25) is 0 Å². The van der Waals surface area contributed by atoms with Gasteiger partial charge in [-0.05, 0) is 31.9 Å². The molecule has 3 aliphatic heterocycles. The molecule has 2 heteroatoms. The third kappa shape index (κ3) is 1.29. The highest BCUT2D eigenvalue weighted by Crippen LogP contribution is 2.34. The molecule has 76 valence electrons. The Kier molecular flexibility index (Phi) is 1.91. The van der Waals surface area contributed by atoms with Crippen LogP contribution in [0.15, 0.2) is 23.4 Å². The Hall–Kier alpha value is -0.760. The highest BCUT2D eigenvalue weighted by Gasteiger charge is 2.34. The summed E-state index contributed by atoms with van der Waals surface area (Å²) in [7, 11) is 0. The molecule has 3 aliphatic rings. The summed E-state index contributed by atoms with van der Waals surface area (Å²) in [6.07, 6.45) is 6.04. The van der Waals surface area contributed by atoms with Crippen molar-refractivity contribution in [1.82, 2.24) is 10.2 Å². The van der Waals surface area contributed by atoms with Gasteiger partial charge in [0.25, 0.3) is 0 Å². The summed E-state index contributed by atoms with van der Waals surface area (Å²) in [4.78, 5) is 2.59. The molecule has 3 rings (SSSR count). The van der Waals surface area contributed by atoms with E-state index in [0.29, 0.717) is 0 Å². The van der Waals surface area contributed by atoms with Crippen LogP contribution >= 0.6 is 0 Å². The van der Waals surface area contributed by atoms with Crippen molar-refractivity contribution >= 4 is 0 Å². The van der Waals surface area contributed by atoms with Gasteiger partial charge >= 0.3 is 0 Å². The minimum Gasteiger partial charge on any atom is -0.370 e. The molecule has 0 aromatic rings.